The van der Waals surface area contributed by atoms with Gasteiger partial charge in [-0.2, -0.15) is 0 Å². The average Bonchev–Trinajstić information content (AvgIpc) is 2.84. The summed E-state index contributed by atoms with van der Waals surface area (Å²) in [5.74, 6) is 2.53. The van der Waals surface area contributed by atoms with Crippen LogP contribution in [-0.4, -0.2) is 12.6 Å². The molecule has 0 spiro atoms. The number of ether oxygens (including phenoxy) is 1. The highest BCUT2D eigenvalue weighted by Crippen LogP contribution is 2.22. The molecule has 0 aromatic heterocycles. The highest BCUT2D eigenvalue weighted by molar-refractivity contribution is 5.69. The van der Waals surface area contributed by atoms with Gasteiger partial charge in [-0.3, -0.25) is 4.79 Å². The van der Waals surface area contributed by atoms with Crippen molar-refractivity contribution in [3.8, 4) is 0 Å². The summed E-state index contributed by atoms with van der Waals surface area (Å²) in [5, 5.41) is 0. The molecule has 2 heteroatoms. The minimum absolute atomic E-state index is 0.0248. The number of carbonyl (C=O) groups is 1. The maximum absolute atomic E-state index is 12.0. The van der Waals surface area contributed by atoms with E-state index in [1.165, 1.54) is 121 Å². The topological polar surface area (TPSA) is 26.3 Å². The molecular formula is C35H68O2. The minimum atomic E-state index is -0.0248. The van der Waals surface area contributed by atoms with Crippen molar-refractivity contribution in [3.63, 3.8) is 0 Å². The maximum atomic E-state index is 12.0. The lowest BCUT2D eigenvalue weighted by atomic mass is 9.91. The molecule has 37 heavy (non-hydrogen) atoms. The molecule has 220 valence electrons. The van der Waals surface area contributed by atoms with Gasteiger partial charge < -0.3 is 4.74 Å². The Labute approximate surface area is 234 Å². The van der Waals surface area contributed by atoms with Crippen LogP contribution in [0.1, 0.15) is 183 Å². The summed E-state index contributed by atoms with van der Waals surface area (Å²) in [7, 11) is 0. The molecule has 0 unspecified atom stereocenters. The van der Waals surface area contributed by atoms with Crippen LogP contribution in [-0.2, 0) is 9.53 Å². The Hall–Kier alpha value is -0.790. The van der Waals surface area contributed by atoms with Gasteiger partial charge in [0.2, 0.25) is 0 Å². The second-order valence-corrected chi connectivity index (χ2v) is 12.7. The Morgan fingerprint density at radius 1 is 0.595 bits per heavy atom. The Bertz CT molecular complexity index is 521. The molecule has 2 atom stereocenters. The second-order valence-electron chi connectivity index (χ2n) is 12.7. The van der Waals surface area contributed by atoms with Gasteiger partial charge in [-0.1, -0.05) is 156 Å². The third kappa shape index (κ3) is 28.0. The lowest BCUT2D eigenvalue weighted by Gasteiger charge is -2.15. The normalized spacial score (nSPS) is 13.8. The number of esters is 1. The van der Waals surface area contributed by atoms with Crippen molar-refractivity contribution in [3.05, 3.63) is 11.6 Å². The molecule has 0 saturated heterocycles. The van der Waals surface area contributed by atoms with Crippen molar-refractivity contribution >= 4 is 5.97 Å². The van der Waals surface area contributed by atoms with Crippen LogP contribution in [0.5, 0.6) is 0 Å². The Kier molecular flexibility index (Phi) is 26.2. The zero-order valence-electron chi connectivity index (χ0n) is 26.4. The second kappa shape index (κ2) is 26.8. The molecule has 0 aliphatic rings. The zero-order chi connectivity index (χ0) is 27.6. The average molecular weight is 521 g/mol. The summed E-state index contributed by atoms with van der Waals surface area (Å²) in [5.41, 5.74) is 1.36. The van der Waals surface area contributed by atoms with Gasteiger partial charge >= 0.3 is 5.97 Å². The van der Waals surface area contributed by atoms with E-state index in [-0.39, 0.29) is 5.97 Å². The molecule has 0 N–H and O–H groups in total. The fourth-order valence-electron chi connectivity index (χ4n) is 5.27. The van der Waals surface area contributed by atoms with E-state index in [1.54, 1.807) is 0 Å². The van der Waals surface area contributed by atoms with E-state index < -0.39 is 0 Å². The molecule has 0 aliphatic carbocycles. The smallest absolute Gasteiger partial charge is 0.306 e. The monoisotopic (exact) mass is 521 g/mol. The molecule has 0 aliphatic heterocycles. The highest BCUT2D eigenvalue weighted by atomic mass is 16.5. The minimum Gasteiger partial charge on any atom is -0.461 e. The van der Waals surface area contributed by atoms with Gasteiger partial charge in [0.05, 0.1) is 0 Å². The van der Waals surface area contributed by atoms with Gasteiger partial charge in [0.15, 0.2) is 0 Å². The van der Waals surface area contributed by atoms with Crippen LogP contribution >= 0.6 is 0 Å². The largest absolute Gasteiger partial charge is 0.461 e. The molecule has 0 amide bonds. The molecular weight excluding hydrogens is 452 g/mol. The fourth-order valence-corrected chi connectivity index (χ4v) is 5.27. The fraction of sp³-hybridized carbons (Fsp3) is 0.914. The van der Waals surface area contributed by atoms with Gasteiger partial charge in [0.25, 0.3) is 0 Å². The Balaban J connectivity index is 3.57. The summed E-state index contributed by atoms with van der Waals surface area (Å²) < 4.78 is 5.44. The van der Waals surface area contributed by atoms with Crippen molar-refractivity contribution < 1.29 is 9.53 Å². The molecule has 0 bridgehead atoms. The highest BCUT2D eigenvalue weighted by Gasteiger charge is 2.07. The van der Waals surface area contributed by atoms with E-state index in [1.807, 2.05) is 0 Å². The first-order valence-electron chi connectivity index (χ1n) is 16.7. The Morgan fingerprint density at radius 2 is 1.05 bits per heavy atom. The molecule has 0 heterocycles. The summed E-state index contributed by atoms with van der Waals surface area (Å²) in [6, 6.07) is 0. The van der Waals surface area contributed by atoms with Gasteiger partial charge in [-0.25, -0.2) is 0 Å². The van der Waals surface area contributed by atoms with Crippen LogP contribution in [0, 0.1) is 17.8 Å². The number of unbranched alkanes of at least 4 members (excludes halogenated alkanes) is 11. The van der Waals surface area contributed by atoms with Gasteiger partial charge in [-0.15, -0.1) is 0 Å². The first kappa shape index (κ1) is 36.2. The first-order valence-corrected chi connectivity index (χ1v) is 16.7. The summed E-state index contributed by atoms with van der Waals surface area (Å²) in [6.07, 6.45) is 30.6. The third-order valence-corrected chi connectivity index (χ3v) is 8.05. The third-order valence-electron chi connectivity index (χ3n) is 8.05. The Morgan fingerprint density at radius 3 is 1.57 bits per heavy atom. The number of hydrogen-bond donors (Lipinski definition) is 0. The SMILES string of the molecule is CCCCCCCCCCCCCCC(=O)OC/C=C(\C)CCC[C@H](C)CCC[C@H](C)CCCC(C)C. The predicted molar refractivity (Wildman–Crippen MR) is 165 cm³/mol. The van der Waals surface area contributed by atoms with E-state index in [0.717, 1.165) is 37.0 Å². The molecule has 0 aromatic rings. The van der Waals surface area contributed by atoms with E-state index in [0.29, 0.717) is 13.0 Å². The van der Waals surface area contributed by atoms with Crippen molar-refractivity contribution in [1.29, 1.82) is 0 Å². The summed E-state index contributed by atoms with van der Waals surface area (Å²) in [4.78, 5) is 12.0. The van der Waals surface area contributed by atoms with E-state index in [9.17, 15) is 4.79 Å². The van der Waals surface area contributed by atoms with Crippen LogP contribution in [0.3, 0.4) is 0 Å². The summed E-state index contributed by atoms with van der Waals surface area (Å²) in [6.45, 7) is 14.4. The van der Waals surface area contributed by atoms with Crippen LogP contribution in [0.2, 0.25) is 0 Å². The molecule has 2 nitrogen and oxygen atoms in total. The maximum Gasteiger partial charge on any atom is 0.306 e. The van der Waals surface area contributed by atoms with E-state index in [4.69, 9.17) is 4.74 Å². The predicted octanol–water partition coefficient (Wildman–Crippen LogP) is 12.0. The van der Waals surface area contributed by atoms with Crippen LogP contribution in [0.15, 0.2) is 11.6 Å². The number of hydrogen-bond acceptors (Lipinski definition) is 2. The van der Waals surface area contributed by atoms with E-state index in [2.05, 4.69) is 47.6 Å². The van der Waals surface area contributed by atoms with Crippen LogP contribution in [0.4, 0.5) is 0 Å². The van der Waals surface area contributed by atoms with Gasteiger partial charge in [-0.05, 0) is 50.0 Å². The standard InChI is InChI=1S/C35H68O2/c1-7-8-9-10-11-12-13-14-15-16-17-18-28-35(36)37-30-29-34(6)27-21-26-33(5)25-20-24-32(4)23-19-22-31(2)3/h29,31-33H,7-28,30H2,1-6H3/b34-29+/t32-,33-/m1/s1. The molecule has 0 rings (SSSR count). The molecule has 0 saturated carbocycles. The van der Waals surface area contributed by atoms with Crippen molar-refractivity contribution in [2.75, 3.05) is 6.61 Å². The van der Waals surface area contributed by atoms with Crippen molar-refractivity contribution in [2.45, 2.75) is 183 Å². The lowest BCUT2D eigenvalue weighted by molar-refractivity contribution is -0.142. The quantitative estimate of drug-likeness (QED) is 0.0611. The number of allylic oxidation sites excluding steroid dienone is 1. The van der Waals surface area contributed by atoms with Crippen molar-refractivity contribution in [1.82, 2.24) is 0 Å². The zero-order valence-corrected chi connectivity index (χ0v) is 26.4. The van der Waals surface area contributed by atoms with Crippen LogP contribution in [0.25, 0.3) is 0 Å². The van der Waals surface area contributed by atoms with Crippen LogP contribution < -0.4 is 0 Å². The van der Waals surface area contributed by atoms with Crippen molar-refractivity contribution in [2.24, 2.45) is 17.8 Å². The van der Waals surface area contributed by atoms with E-state index >= 15 is 0 Å². The number of rotatable bonds is 27. The molecule has 0 radical (unpaired) electrons. The first-order chi connectivity index (χ1) is 17.8. The molecule has 0 aromatic carbocycles. The lowest BCUT2D eigenvalue weighted by Crippen LogP contribution is -2.04. The van der Waals surface area contributed by atoms with Gasteiger partial charge in [0, 0.05) is 6.42 Å². The summed E-state index contributed by atoms with van der Waals surface area (Å²) >= 11 is 0. The number of carbonyl (C=O) groups excluding carboxylic acids is 1. The van der Waals surface area contributed by atoms with Gasteiger partial charge in [0.1, 0.15) is 6.61 Å². The molecule has 0 fully saturated rings.